The van der Waals surface area contributed by atoms with Gasteiger partial charge in [0, 0.05) is 13.7 Å². The number of hydrogen-bond acceptors (Lipinski definition) is 4. The van der Waals surface area contributed by atoms with E-state index in [2.05, 4.69) is 6.92 Å². The maximum atomic E-state index is 9.20. The molecule has 0 radical (unpaired) electrons. The molecule has 0 aliphatic rings. The van der Waals surface area contributed by atoms with E-state index in [0.717, 1.165) is 19.4 Å². The molecule has 0 aromatic rings. The lowest BCUT2D eigenvalue weighted by atomic mass is 10.4. The summed E-state index contributed by atoms with van der Waals surface area (Å²) in [5, 5.41) is 9.20. The number of unbranched alkanes of at least 4 members (excludes halogenated alkanes) is 1. The van der Waals surface area contributed by atoms with E-state index in [1.807, 2.05) is 0 Å². The number of methoxy groups -OCH3 is 1. The molecule has 0 aliphatic heterocycles. The van der Waals surface area contributed by atoms with Gasteiger partial charge in [0.05, 0.1) is 26.4 Å². The molecule has 0 aliphatic carbocycles. The first-order chi connectivity index (χ1) is 6.81. The monoisotopic (exact) mass is 206 g/mol. The Hall–Kier alpha value is -0.160. The van der Waals surface area contributed by atoms with Gasteiger partial charge in [-0.05, 0) is 6.42 Å². The Balaban J connectivity index is 2.98. The molecular formula is C10H22O4. The molecule has 1 unspecified atom stereocenters. The third-order valence-corrected chi connectivity index (χ3v) is 1.68. The summed E-state index contributed by atoms with van der Waals surface area (Å²) in [5.41, 5.74) is 0. The topological polar surface area (TPSA) is 47.9 Å². The van der Waals surface area contributed by atoms with Gasteiger partial charge in [0.15, 0.2) is 0 Å². The summed E-state index contributed by atoms with van der Waals surface area (Å²) in [6.07, 6.45) is 1.70. The van der Waals surface area contributed by atoms with Crippen molar-refractivity contribution in [2.45, 2.75) is 25.9 Å². The summed E-state index contributed by atoms with van der Waals surface area (Å²) in [7, 11) is 1.55. The van der Waals surface area contributed by atoms with Gasteiger partial charge in [-0.2, -0.15) is 0 Å². The van der Waals surface area contributed by atoms with Crippen LogP contribution in [0.4, 0.5) is 0 Å². The molecule has 0 amide bonds. The number of aliphatic hydroxyl groups excluding tert-OH is 1. The van der Waals surface area contributed by atoms with Crippen LogP contribution >= 0.6 is 0 Å². The van der Waals surface area contributed by atoms with E-state index in [1.165, 1.54) is 0 Å². The molecule has 1 atom stereocenters. The summed E-state index contributed by atoms with van der Waals surface area (Å²) in [5.74, 6) is 0. The molecule has 0 bridgehead atoms. The van der Waals surface area contributed by atoms with Gasteiger partial charge >= 0.3 is 0 Å². The summed E-state index contributed by atoms with van der Waals surface area (Å²) in [6, 6.07) is 0. The summed E-state index contributed by atoms with van der Waals surface area (Å²) in [6.45, 7) is 4.67. The van der Waals surface area contributed by atoms with Gasteiger partial charge in [0.25, 0.3) is 0 Å². The van der Waals surface area contributed by atoms with Crippen LogP contribution in [0.15, 0.2) is 0 Å². The number of hydrogen-bond donors (Lipinski definition) is 1. The van der Waals surface area contributed by atoms with E-state index in [9.17, 15) is 5.11 Å². The Kier molecular flexibility index (Phi) is 10.8. The molecule has 0 aromatic heterocycles. The van der Waals surface area contributed by atoms with Crippen LogP contribution in [0.2, 0.25) is 0 Å². The molecule has 0 spiro atoms. The highest BCUT2D eigenvalue weighted by Crippen LogP contribution is 1.89. The third kappa shape index (κ3) is 9.92. The quantitative estimate of drug-likeness (QED) is 0.538. The van der Waals surface area contributed by atoms with Gasteiger partial charge in [-0.1, -0.05) is 13.3 Å². The molecule has 4 nitrogen and oxygen atoms in total. The Bertz CT molecular complexity index is 108. The van der Waals surface area contributed by atoms with E-state index in [0.29, 0.717) is 26.4 Å². The van der Waals surface area contributed by atoms with Crippen LogP contribution in [0.3, 0.4) is 0 Å². The van der Waals surface area contributed by atoms with Crippen molar-refractivity contribution >= 4 is 0 Å². The molecule has 0 heterocycles. The Morgan fingerprint density at radius 3 is 2.43 bits per heavy atom. The summed E-state index contributed by atoms with van der Waals surface area (Å²) in [4.78, 5) is 0. The first kappa shape index (κ1) is 13.8. The maximum absolute atomic E-state index is 9.20. The van der Waals surface area contributed by atoms with Gasteiger partial charge in [0.1, 0.15) is 6.10 Å². The second-order valence-electron chi connectivity index (χ2n) is 3.15. The predicted molar refractivity (Wildman–Crippen MR) is 54.4 cm³/mol. The first-order valence-electron chi connectivity index (χ1n) is 5.13. The zero-order chi connectivity index (χ0) is 10.6. The fraction of sp³-hybridized carbons (Fsp3) is 1.00. The van der Waals surface area contributed by atoms with Gasteiger partial charge in [-0.3, -0.25) is 0 Å². The standard InChI is InChI=1S/C10H22O4/c1-3-4-5-13-6-7-14-9-10(11)8-12-2/h10-11H,3-9H2,1-2H3. The van der Waals surface area contributed by atoms with E-state index in [1.54, 1.807) is 7.11 Å². The van der Waals surface area contributed by atoms with Gasteiger partial charge in [-0.15, -0.1) is 0 Å². The lowest BCUT2D eigenvalue weighted by Crippen LogP contribution is -2.22. The molecule has 1 N–H and O–H groups in total. The van der Waals surface area contributed by atoms with Gasteiger partial charge in [-0.25, -0.2) is 0 Å². The highest BCUT2D eigenvalue weighted by atomic mass is 16.5. The second-order valence-corrected chi connectivity index (χ2v) is 3.15. The highest BCUT2D eigenvalue weighted by Gasteiger charge is 2.02. The van der Waals surface area contributed by atoms with Crippen molar-refractivity contribution in [1.29, 1.82) is 0 Å². The minimum absolute atomic E-state index is 0.310. The lowest BCUT2D eigenvalue weighted by molar-refractivity contribution is -0.0230. The SMILES string of the molecule is CCCCOCCOCC(O)COC. The normalized spacial score (nSPS) is 13.1. The van der Waals surface area contributed by atoms with Crippen molar-refractivity contribution in [3.8, 4) is 0 Å². The zero-order valence-corrected chi connectivity index (χ0v) is 9.20. The number of aliphatic hydroxyl groups is 1. The van der Waals surface area contributed by atoms with Crippen molar-refractivity contribution < 1.29 is 19.3 Å². The van der Waals surface area contributed by atoms with Crippen LogP contribution < -0.4 is 0 Å². The number of rotatable bonds is 10. The van der Waals surface area contributed by atoms with Crippen LogP contribution in [0.5, 0.6) is 0 Å². The molecule has 0 saturated heterocycles. The van der Waals surface area contributed by atoms with Crippen molar-refractivity contribution in [3.63, 3.8) is 0 Å². The maximum Gasteiger partial charge on any atom is 0.101 e. The molecule has 0 saturated carbocycles. The van der Waals surface area contributed by atoms with Crippen LogP contribution in [0.1, 0.15) is 19.8 Å². The fourth-order valence-electron chi connectivity index (χ4n) is 0.926. The molecule has 0 aromatic carbocycles. The van der Waals surface area contributed by atoms with Crippen molar-refractivity contribution in [3.05, 3.63) is 0 Å². The summed E-state index contributed by atoms with van der Waals surface area (Å²) < 4.78 is 15.2. The average molecular weight is 206 g/mol. The minimum Gasteiger partial charge on any atom is -0.388 e. The molecule has 86 valence electrons. The average Bonchev–Trinajstić information content (AvgIpc) is 2.17. The van der Waals surface area contributed by atoms with Crippen LogP contribution in [-0.4, -0.2) is 51.4 Å². The lowest BCUT2D eigenvalue weighted by Gasteiger charge is -2.10. The van der Waals surface area contributed by atoms with Crippen molar-refractivity contribution in [2.24, 2.45) is 0 Å². The van der Waals surface area contributed by atoms with E-state index in [-0.39, 0.29) is 0 Å². The van der Waals surface area contributed by atoms with E-state index >= 15 is 0 Å². The highest BCUT2D eigenvalue weighted by molar-refractivity contribution is 4.49. The first-order valence-corrected chi connectivity index (χ1v) is 5.13. The van der Waals surface area contributed by atoms with Gasteiger partial charge < -0.3 is 19.3 Å². The van der Waals surface area contributed by atoms with E-state index < -0.39 is 6.10 Å². The third-order valence-electron chi connectivity index (χ3n) is 1.68. The predicted octanol–water partition coefficient (Wildman–Crippen LogP) is 0.827. The molecule has 14 heavy (non-hydrogen) atoms. The Morgan fingerprint density at radius 1 is 1.07 bits per heavy atom. The minimum atomic E-state index is -0.532. The summed E-state index contributed by atoms with van der Waals surface area (Å²) >= 11 is 0. The zero-order valence-electron chi connectivity index (χ0n) is 9.20. The molecule has 0 fully saturated rings. The fourth-order valence-corrected chi connectivity index (χ4v) is 0.926. The van der Waals surface area contributed by atoms with Crippen LogP contribution in [0, 0.1) is 0 Å². The van der Waals surface area contributed by atoms with Crippen LogP contribution in [-0.2, 0) is 14.2 Å². The van der Waals surface area contributed by atoms with Gasteiger partial charge in [0.2, 0.25) is 0 Å². The smallest absolute Gasteiger partial charge is 0.101 e. The second kappa shape index (κ2) is 10.9. The van der Waals surface area contributed by atoms with Crippen molar-refractivity contribution in [2.75, 3.05) is 40.1 Å². The van der Waals surface area contributed by atoms with Crippen molar-refractivity contribution in [1.82, 2.24) is 0 Å². The van der Waals surface area contributed by atoms with E-state index in [4.69, 9.17) is 14.2 Å². The molecule has 4 heteroatoms. The Labute approximate surface area is 86.2 Å². The largest absolute Gasteiger partial charge is 0.388 e. The Morgan fingerprint density at radius 2 is 1.79 bits per heavy atom. The molecule has 0 rings (SSSR count). The number of ether oxygens (including phenoxy) is 3. The molecular weight excluding hydrogens is 184 g/mol. The van der Waals surface area contributed by atoms with Crippen LogP contribution in [0.25, 0.3) is 0 Å².